The zero-order chi connectivity index (χ0) is 13.7. The summed E-state index contributed by atoms with van der Waals surface area (Å²) in [6.45, 7) is 1.66. The molecule has 0 saturated carbocycles. The molecule has 4 nitrogen and oxygen atoms in total. The van der Waals surface area contributed by atoms with E-state index in [9.17, 15) is 9.18 Å². The van der Waals surface area contributed by atoms with E-state index in [1.165, 1.54) is 24.3 Å². The zero-order valence-corrected chi connectivity index (χ0v) is 12.2. The van der Waals surface area contributed by atoms with Crippen molar-refractivity contribution < 1.29 is 18.7 Å². The van der Waals surface area contributed by atoms with E-state index in [-0.39, 0.29) is 36.9 Å². The SMILES string of the molecule is CN1CCCC(OC(=O)COc2ccc(F)cc2)C1.Cl. The van der Waals surface area contributed by atoms with Crippen molar-refractivity contribution in [3.63, 3.8) is 0 Å². The Morgan fingerprint density at radius 2 is 2.10 bits per heavy atom. The Kier molecular flexibility index (Phi) is 6.75. The predicted molar refractivity (Wildman–Crippen MR) is 75.8 cm³/mol. The highest BCUT2D eigenvalue weighted by atomic mass is 35.5. The minimum absolute atomic E-state index is 0. The number of rotatable bonds is 4. The van der Waals surface area contributed by atoms with E-state index in [4.69, 9.17) is 9.47 Å². The van der Waals surface area contributed by atoms with Crippen LogP contribution in [0.25, 0.3) is 0 Å². The number of likely N-dealkylation sites (N-methyl/N-ethyl adjacent to an activating group) is 1. The molecule has 0 spiro atoms. The molecule has 0 bridgehead atoms. The van der Waals surface area contributed by atoms with E-state index >= 15 is 0 Å². The topological polar surface area (TPSA) is 38.8 Å². The smallest absolute Gasteiger partial charge is 0.344 e. The van der Waals surface area contributed by atoms with Gasteiger partial charge in [0.15, 0.2) is 6.61 Å². The number of hydrogen-bond acceptors (Lipinski definition) is 4. The largest absolute Gasteiger partial charge is 0.482 e. The van der Waals surface area contributed by atoms with E-state index < -0.39 is 0 Å². The first-order valence-electron chi connectivity index (χ1n) is 6.40. The van der Waals surface area contributed by atoms with Crippen LogP contribution in [-0.2, 0) is 9.53 Å². The molecule has 1 aliphatic rings. The summed E-state index contributed by atoms with van der Waals surface area (Å²) in [6, 6.07) is 5.54. The van der Waals surface area contributed by atoms with Crippen LogP contribution in [0.3, 0.4) is 0 Å². The maximum atomic E-state index is 12.7. The van der Waals surface area contributed by atoms with Crippen LogP contribution in [0.5, 0.6) is 5.75 Å². The molecule has 0 aromatic heterocycles. The summed E-state index contributed by atoms with van der Waals surface area (Å²) in [5.41, 5.74) is 0. The number of nitrogens with zero attached hydrogens (tertiary/aromatic N) is 1. The van der Waals surface area contributed by atoms with Crippen LogP contribution in [0.1, 0.15) is 12.8 Å². The van der Waals surface area contributed by atoms with E-state index in [0.29, 0.717) is 5.75 Å². The number of benzene rings is 1. The van der Waals surface area contributed by atoms with Gasteiger partial charge in [0.2, 0.25) is 0 Å². The molecule has 112 valence electrons. The third kappa shape index (κ3) is 5.35. The van der Waals surface area contributed by atoms with Gasteiger partial charge in [0.1, 0.15) is 17.7 Å². The first-order valence-corrected chi connectivity index (χ1v) is 6.40. The quantitative estimate of drug-likeness (QED) is 0.800. The molecule has 0 N–H and O–H groups in total. The summed E-state index contributed by atoms with van der Waals surface area (Å²) in [4.78, 5) is 13.8. The predicted octanol–water partition coefficient (Wildman–Crippen LogP) is 2.26. The Balaban J connectivity index is 0.00000200. The molecule has 0 amide bonds. The number of hydrogen-bond donors (Lipinski definition) is 0. The van der Waals surface area contributed by atoms with Crippen molar-refractivity contribution in [2.45, 2.75) is 18.9 Å². The van der Waals surface area contributed by atoms with Crippen molar-refractivity contribution in [3.05, 3.63) is 30.1 Å². The number of carbonyl (C=O) groups is 1. The van der Waals surface area contributed by atoms with Crippen molar-refractivity contribution in [2.75, 3.05) is 26.7 Å². The second kappa shape index (κ2) is 8.07. The molecule has 0 aliphatic carbocycles. The third-order valence-corrected chi connectivity index (χ3v) is 3.05. The molecule has 1 fully saturated rings. The van der Waals surface area contributed by atoms with Gasteiger partial charge in [-0.05, 0) is 50.7 Å². The molecular weight excluding hydrogens is 285 g/mol. The summed E-state index contributed by atoms with van der Waals surface area (Å²) in [6.07, 6.45) is 1.88. The lowest BCUT2D eigenvalue weighted by Gasteiger charge is -2.29. The van der Waals surface area contributed by atoms with Crippen LogP contribution in [0.2, 0.25) is 0 Å². The summed E-state index contributed by atoms with van der Waals surface area (Å²) >= 11 is 0. The van der Waals surface area contributed by atoms with E-state index in [2.05, 4.69) is 4.90 Å². The van der Waals surface area contributed by atoms with E-state index in [0.717, 1.165) is 25.9 Å². The summed E-state index contributed by atoms with van der Waals surface area (Å²) in [5, 5.41) is 0. The highest BCUT2D eigenvalue weighted by Gasteiger charge is 2.20. The highest BCUT2D eigenvalue weighted by molar-refractivity contribution is 5.85. The van der Waals surface area contributed by atoms with Gasteiger partial charge in [-0.1, -0.05) is 0 Å². The van der Waals surface area contributed by atoms with Crippen LogP contribution in [0.4, 0.5) is 4.39 Å². The Morgan fingerprint density at radius 1 is 1.40 bits per heavy atom. The first kappa shape index (κ1) is 16.7. The minimum atomic E-state index is -0.385. The molecule has 1 atom stereocenters. The van der Waals surface area contributed by atoms with Crippen molar-refractivity contribution >= 4 is 18.4 Å². The summed E-state index contributed by atoms with van der Waals surface area (Å²) < 4.78 is 23.2. The maximum Gasteiger partial charge on any atom is 0.344 e. The number of likely N-dealkylation sites (tertiary alicyclic amines) is 1. The standard InChI is InChI=1S/C14H18FNO3.ClH/c1-16-8-2-3-13(9-16)19-14(17)10-18-12-6-4-11(15)5-7-12;/h4-7,13H,2-3,8-10H2,1H3;1H. The average molecular weight is 304 g/mol. The summed E-state index contributed by atoms with van der Waals surface area (Å²) in [5.74, 6) is -0.260. The average Bonchev–Trinajstić information content (AvgIpc) is 2.38. The molecule has 1 aromatic carbocycles. The van der Waals surface area contributed by atoms with Crippen LogP contribution >= 0.6 is 12.4 Å². The molecule has 1 aliphatic heterocycles. The van der Waals surface area contributed by atoms with Crippen LogP contribution in [0, 0.1) is 5.82 Å². The van der Waals surface area contributed by atoms with Crippen LogP contribution < -0.4 is 4.74 Å². The number of carbonyl (C=O) groups excluding carboxylic acids is 1. The van der Waals surface area contributed by atoms with Crippen molar-refractivity contribution in [3.8, 4) is 5.75 Å². The van der Waals surface area contributed by atoms with E-state index in [1.54, 1.807) is 0 Å². The van der Waals surface area contributed by atoms with Crippen LogP contribution in [0.15, 0.2) is 24.3 Å². The lowest BCUT2D eigenvalue weighted by Crippen LogP contribution is -2.38. The molecule has 0 radical (unpaired) electrons. The first-order chi connectivity index (χ1) is 9.13. The van der Waals surface area contributed by atoms with Crippen molar-refractivity contribution in [2.24, 2.45) is 0 Å². The van der Waals surface area contributed by atoms with Crippen LogP contribution in [-0.4, -0.2) is 43.7 Å². The van der Waals surface area contributed by atoms with Gasteiger partial charge >= 0.3 is 5.97 Å². The molecule has 6 heteroatoms. The van der Waals surface area contributed by atoms with Gasteiger partial charge in [0.05, 0.1) is 0 Å². The number of halogens is 2. The molecule has 1 heterocycles. The normalized spacial score (nSPS) is 19.0. The highest BCUT2D eigenvalue weighted by Crippen LogP contribution is 2.13. The Hall–Kier alpha value is -1.33. The van der Waals surface area contributed by atoms with Crippen molar-refractivity contribution in [1.82, 2.24) is 4.90 Å². The fourth-order valence-corrected chi connectivity index (χ4v) is 2.11. The number of ether oxygens (including phenoxy) is 2. The number of esters is 1. The Bertz CT molecular complexity index is 427. The lowest BCUT2D eigenvalue weighted by atomic mass is 10.1. The molecule has 1 unspecified atom stereocenters. The zero-order valence-electron chi connectivity index (χ0n) is 11.4. The maximum absolute atomic E-state index is 12.7. The van der Waals surface area contributed by atoms with Gasteiger partial charge < -0.3 is 14.4 Å². The Morgan fingerprint density at radius 3 is 2.75 bits per heavy atom. The monoisotopic (exact) mass is 303 g/mol. The van der Waals surface area contributed by atoms with Gasteiger partial charge in [-0.15, -0.1) is 12.4 Å². The van der Waals surface area contributed by atoms with Gasteiger partial charge in [-0.2, -0.15) is 0 Å². The van der Waals surface area contributed by atoms with Crippen molar-refractivity contribution in [1.29, 1.82) is 0 Å². The molecule has 2 rings (SSSR count). The molecular formula is C14H19ClFNO3. The van der Waals surface area contributed by atoms with Gasteiger partial charge in [-0.3, -0.25) is 0 Å². The molecule has 1 saturated heterocycles. The molecule has 1 aromatic rings. The summed E-state index contributed by atoms with van der Waals surface area (Å²) in [7, 11) is 2.01. The fraction of sp³-hybridized carbons (Fsp3) is 0.500. The second-order valence-corrected chi connectivity index (χ2v) is 4.76. The minimum Gasteiger partial charge on any atom is -0.482 e. The van der Waals surface area contributed by atoms with Gasteiger partial charge in [0.25, 0.3) is 0 Å². The van der Waals surface area contributed by atoms with Gasteiger partial charge in [-0.25, -0.2) is 9.18 Å². The fourth-order valence-electron chi connectivity index (χ4n) is 2.11. The lowest BCUT2D eigenvalue weighted by molar-refractivity contribution is -0.153. The molecule has 20 heavy (non-hydrogen) atoms. The van der Waals surface area contributed by atoms with Gasteiger partial charge in [0, 0.05) is 6.54 Å². The Labute approximate surface area is 124 Å². The second-order valence-electron chi connectivity index (χ2n) is 4.76. The number of piperidine rings is 1. The third-order valence-electron chi connectivity index (χ3n) is 3.05. The van der Waals surface area contributed by atoms with E-state index in [1.807, 2.05) is 7.05 Å².